The Morgan fingerprint density at radius 2 is 0.857 bits per heavy atom. The quantitative estimate of drug-likeness (QED) is 0.0524. The van der Waals surface area contributed by atoms with Crippen LogP contribution >= 0.6 is 0 Å². The minimum absolute atomic E-state index is 0.213. The number of aliphatic hydroxyl groups excluding tert-OH is 1. The lowest BCUT2D eigenvalue weighted by Gasteiger charge is -2.31. The summed E-state index contributed by atoms with van der Waals surface area (Å²) >= 11 is 0. The lowest BCUT2D eigenvalue weighted by atomic mass is 9.79. The molecule has 0 aliphatic carbocycles. The number of hydrogen-bond donors (Lipinski definition) is 1. The van der Waals surface area contributed by atoms with Gasteiger partial charge in [-0.2, -0.15) is 0 Å². The fourth-order valence-electron chi connectivity index (χ4n) is 8.52. The normalized spacial score (nSPS) is 14.6. The Morgan fingerprint density at radius 3 is 1.29 bits per heavy atom. The van der Waals surface area contributed by atoms with Crippen molar-refractivity contribution in [1.29, 1.82) is 0 Å². The van der Waals surface area contributed by atoms with Crippen LogP contribution in [0.25, 0.3) is 43.1 Å². The van der Waals surface area contributed by atoms with Gasteiger partial charge in [0.25, 0.3) is 23.6 Å². The highest BCUT2D eigenvalue weighted by Crippen LogP contribution is 2.48. The molecule has 2 aliphatic heterocycles. The van der Waals surface area contributed by atoms with E-state index in [0.29, 0.717) is 46.1 Å². The number of carbonyl (C=O) groups excluding carboxylic acids is 4. The van der Waals surface area contributed by atoms with Crippen molar-refractivity contribution in [3.8, 4) is 0 Å². The number of rotatable bonds is 15. The van der Waals surface area contributed by atoms with Gasteiger partial charge in [-0.05, 0) is 101 Å². The molecule has 7 rings (SSSR count). The monoisotopic (exact) mass is 658 g/mol. The summed E-state index contributed by atoms with van der Waals surface area (Å²) in [7, 11) is 0. The summed E-state index contributed by atoms with van der Waals surface area (Å²) in [5.41, 5.74) is 4.08. The van der Waals surface area contributed by atoms with Gasteiger partial charge in [0.2, 0.25) is 0 Å². The van der Waals surface area contributed by atoms with E-state index in [2.05, 4.69) is 6.92 Å². The molecule has 7 heteroatoms. The standard InChI is InChI=1S/C42H46N2O5/c1-4-5-6-7-10-13-20-43-39(46)29-18-16-27-34-26(3)24-32-36-30(40(47)44(42(32)49)21-14-11-8-9-12-15-22-45)19-17-28(38(34)36)33-25(2)23-31(41(43)48)35(29)37(27)33/h16-19,23-24,45H,4-15,20-22H2,1-3H3. The molecule has 4 amide bonds. The minimum atomic E-state index is -0.256. The van der Waals surface area contributed by atoms with Crippen molar-refractivity contribution in [2.75, 3.05) is 19.7 Å². The molecule has 0 bridgehead atoms. The Morgan fingerprint density at radius 1 is 0.469 bits per heavy atom. The van der Waals surface area contributed by atoms with Crippen LogP contribution in [-0.4, -0.2) is 58.2 Å². The lowest BCUT2D eigenvalue weighted by molar-refractivity contribution is 0.0592. The molecule has 254 valence electrons. The fourth-order valence-corrected chi connectivity index (χ4v) is 8.52. The average Bonchev–Trinajstić information content (AvgIpc) is 3.09. The Balaban J connectivity index is 1.30. The van der Waals surface area contributed by atoms with Gasteiger partial charge in [-0.1, -0.05) is 76.8 Å². The third-order valence-electron chi connectivity index (χ3n) is 10.9. The van der Waals surface area contributed by atoms with E-state index in [1.807, 2.05) is 50.2 Å². The molecular weight excluding hydrogens is 612 g/mol. The topological polar surface area (TPSA) is 95.0 Å². The van der Waals surface area contributed by atoms with Crippen LogP contribution in [0.1, 0.15) is 137 Å². The Bertz CT molecular complexity index is 2150. The van der Waals surface area contributed by atoms with E-state index in [0.717, 1.165) is 101 Å². The van der Waals surface area contributed by atoms with E-state index in [4.69, 9.17) is 5.11 Å². The molecule has 0 radical (unpaired) electrons. The minimum Gasteiger partial charge on any atom is -0.396 e. The van der Waals surface area contributed by atoms with Crippen LogP contribution in [0, 0.1) is 13.8 Å². The van der Waals surface area contributed by atoms with E-state index < -0.39 is 0 Å². The molecule has 1 N–H and O–H groups in total. The number of fused-ring (bicyclic) bond motifs is 2. The van der Waals surface area contributed by atoms with Crippen molar-refractivity contribution in [1.82, 2.24) is 9.80 Å². The molecule has 7 nitrogen and oxygen atoms in total. The van der Waals surface area contributed by atoms with E-state index in [-0.39, 0.29) is 30.2 Å². The molecule has 5 aromatic carbocycles. The van der Waals surface area contributed by atoms with Crippen LogP contribution in [0.4, 0.5) is 0 Å². The predicted octanol–water partition coefficient (Wildman–Crippen LogP) is 9.24. The zero-order valence-corrected chi connectivity index (χ0v) is 29.0. The first-order valence-electron chi connectivity index (χ1n) is 18.3. The second-order valence-electron chi connectivity index (χ2n) is 14.2. The van der Waals surface area contributed by atoms with Gasteiger partial charge in [0, 0.05) is 52.7 Å². The largest absolute Gasteiger partial charge is 0.396 e. The molecule has 49 heavy (non-hydrogen) atoms. The summed E-state index contributed by atoms with van der Waals surface area (Å²) in [5, 5.41) is 16.0. The number of hydrogen-bond acceptors (Lipinski definition) is 5. The summed E-state index contributed by atoms with van der Waals surface area (Å²) in [6.45, 7) is 7.23. The number of imide groups is 2. The Hall–Kier alpha value is -4.36. The van der Waals surface area contributed by atoms with Crippen molar-refractivity contribution < 1.29 is 24.3 Å². The molecule has 2 heterocycles. The molecule has 0 aromatic heterocycles. The molecule has 0 atom stereocenters. The summed E-state index contributed by atoms with van der Waals surface area (Å²) in [6.07, 6.45) is 12.0. The predicted molar refractivity (Wildman–Crippen MR) is 196 cm³/mol. The molecule has 0 fully saturated rings. The molecular formula is C42H46N2O5. The van der Waals surface area contributed by atoms with Gasteiger partial charge in [0.15, 0.2) is 0 Å². The first-order chi connectivity index (χ1) is 23.8. The van der Waals surface area contributed by atoms with Crippen LogP contribution in [0.2, 0.25) is 0 Å². The molecule has 5 aromatic rings. The highest BCUT2D eigenvalue weighted by molar-refractivity contribution is 6.42. The summed E-state index contributed by atoms with van der Waals surface area (Å²) < 4.78 is 0. The van der Waals surface area contributed by atoms with E-state index in [1.54, 1.807) is 0 Å². The van der Waals surface area contributed by atoms with Crippen molar-refractivity contribution in [2.45, 2.75) is 97.8 Å². The zero-order chi connectivity index (χ0) is 34.4. The number of benzene rings is 5. The SMILES string of the molecule is CCCCCCCCN1C(=O)c2ccc3c4c(C)cc5c6c(ccc(c7c(C)cc(c2c37)C1=O)c64)C(=O)N(CCCCCCCCO)C5=O. The van der Waals surface area contributed by atoms with Crippen molar-refractivity contribution in [3.63, 3.8) is 0 Å². The Kier molecular flexibility index (Phi) is 9.14. The van der Waals surface area contributed by atoms with E-state index in [1.165, 1.54) is 29.1 Å². The van der Waals surface area contributed by atoms with Crippen LogP contribution < -0.4 is 0 Å². The third kappa shape index (κ3) is 5.38. The van der Waals surface area contributed by atoms with Crippen molar-refractivity contribution in [3.05, 3.63) is 69.8 Å². The summed E-state index contributed by atoms with van der Waals surface area (Å²) in [6, 6.07) is 11.6. The zero-order valence-electron chi connectivity index (χ0n) is 29.0. The van der Waals surface area contributed by atoms with Gasteiger partial charge in [0.05, 0.1) is 0 Å². The molecule has 0 spiro atoms. The molecule has 0 saturated heterocycles. The number of nitrogens with zero attached hydrogens (tertiary/aromatic N) is 2. The first kappa shape index (κ1) is 33.2. The second-order valence-corrected chi connectivity index (χ2v) is 14.2. The molecule has 0 saturated carbocycles. The van der Waals surface area contributed by atoms with Crippen LogP contribution in [0.15, 0.2) is 36.4 Å². The van der Waals surface area contributed by atoms with Crippen LogP contribution in [0.5, 0.6) is 0 Å². The van der Waals surface area contributed by atoms with E-state index in [9.17, 15) is 19.2 Å². The highest BCUT2D eigenvalue weighted by Gasteiger charge is 2.37. The van der Waals surface area contributed by atoms with Crippen molar-refractivity contribution >= 4 is 66.7 Å². The maximum absolute atomic E-state index is 14.0. The second kappa shape index (κ2) is 13.5. The number of carbonyl (C=O) groups is 4. The maximum atomic E-state index is 14.0. The lowest BCUT2D eigenvalue weighted by Crippen LogP contribution is -2.41. The van der Waals surface area contributed by atoms with E-state index >= 15 is 0 Å². The van der Waals surface area contributed by atoms with Gasteiger partial charge in [-0.25, -0.2) is 0 Å². The van der Waals surface area contributed by atoms with Crippen molar-refractivity contribution in [2.24, 2.45) is 0 Å². The number of amides is 4. The highest BCUT2D eigenvalue weighted by atomic mass is 16.3. The fraction of sp³-hybridized carbons (Fsp3) is 0.429. The summed E-state index contributed by atoms with van der Waals surface area (Å²) in [5.74, 6) is -0.971. The number of aryl methyl sites for hydroxylation is 2. The Labute approximate surface area is 287 Å². The number of unbranched alkanes of at least 4 members (excludes halogenated alkanes) is 10. The van der Waals surface area contributed by atoms with Gasteiger partial charge >= 0.3 is 0 Å². The summed E-state index contributed by atoms with van der Waals surface area (Å²) in [4.78, 5) is 58.6. The van der Waals surface area contributed by atoms with Gasteiger partial charge in [0.1, 0.15) is 0 Å². The average molecular weight is 659 g/mol. The maximum Gasteiger partial charge on any atom is 0.261 e. The molecule has 2 aliphatic rings. The molecule has 0 unspecified atom stereocenters. The number of aliphatic hydroxyl groups is 1. The van der Waals surface area contributed by atoms with Gasteiger partial charge in [-0.3, -0.25) is 29.0 Å². The van der Waals surface area contributed by atoms with Crippen LogP contribution in [-0.2, 0) is 0 Å². The smallest absolute Gasteiger partial charge is 0.261 e. The van der Waals surface area contributed by atoms with Gasteiger partial charge in [-0.15, -0.1) is 0 Å². The first-order valence-corrected chi connectivity index (χ1v) is 18.3. The van der Waals surface area contributed by atoms with Gasteiger partial charge < -0.3 is 5.11 Å². The third-order valence-corrected chi connectivity index (χ3v) is 10.9. The van der Waals surface area contributed by atoms with Crippen LogP contribution in [0.3, 0.4) is 0 Å².